The van der Waals surface area contributed by atoms with Gasteiger partial charge >= 0.3 is 5.97 Å². The maximum atomic E-state index is 10.6. The van der Waals surface area contributed by atoms with Crippen LogP contribution in [0.3, 0.4) is 0 Å². The fourth-order valence-electron chi connectivity index (χ4n) is 1.77. The summed E-state index contributed by atoms with van der Waals surface area (Å²) in [6.07, 6.45) is 3.94. The van der Waals surface area contributed by atoms with Crippen LogP contribution in [-0.2, 0) is 18.3 Å². The molecule has 0 aromatic carbocycles. The molecular weight excluding hydrogens is 298 g/mol. The summed E-state index contributed by atoms with van der Waals surface area (Å²) in [5.41, 5.74) is 1.85. The number of carboxylic acid groups (broad SMARTS) is 1. The van der Waals surface area contributed by atoms with Crippen molar-refractivity contribution >= 4 is 21.9 Å². The van der Waals surface area contributed by atoms with E-state index < -0.39 is 5.97 Å². The maximum absolute atomic E-state index is 10.6. The van der Waals surface area contributed by atoms with Gasteiger partial charge in [0.2, 0.25) is 0 Å². The van der Waals surface area contributed by atoms with E-state index in [0.29, 0.717) is 11.0 Å². The summed E-state index contributed by atoms with van der Waals surface area (Å²) in [7, 11) is 1.87. The molecule has 6 heteroatoms. The minimum absolute atomic E-state index is 0.0732. The van der Waals surface area contributed by atoms with Gasteiger partial charge in [0.25, 0.3) is 0 Å². The topological polar surface area (TPSA) is 68.0 Å². The van der Waals surface area contributed by atoms with E-state index in [0.717, 1.165) is 17.1 Å². The summed E-state index contributed by atoms with van der Waals surface area (Å²) >= 11 is 3.40. The molecule has 2 aromatic rings. The standard InChI is InChI=1S/C12H12BrN3O2/c1-16-9(4-5-10(17)18)15-12(13)11(16)8-3-2-6-14-7-8/h2-3,6-7H,4-5H2,1H3,(H,17,18). The third-order valence-corrected chi connectivity index (χ3v) is 3.20. The quantitative estimate of drug-likeness (QED) is 0.940. The third kappa shape index (κ3) is 2.59. The maximum Gasteiger partial charge on any atom is 0.303 e. The van der Waals surface area contributed by atoms with Crippen LogP contribution in [0.1, 0.15) is 12.2 Å². The first kappa shape index (κ1) is 12.8. The van der Waals surface area contributed by atoms with Crippen LogP contribution in [0.2, 0.25) is 0 Å². The molecule has 0 saturated carbocycles. The van der Waals surface area contributed by atoms with Gasteiger partial charge in [0.1, 0.15) is 10.4 Å². The molecule has 0 radical (unpaired) electrons. The van der Waals surface area contributed by atoms with Crippen LogP contribution < -0.4 is 0 Å². The lowest BCUT2D eigenvalue weighted by atomic mass is 10.2. The number of aromatic nitrogens is 3. The summed E-state index contributed by atoms with van der Waals surface area (Å²) in [4.78, 5) is 19.0. The van der Waals surface area contributed by atoms with Crippen LogP contribution >= 0.6 is 15.9 Å². The van der Waals surface area contributed by atoms with Gasteiger partial charge in [-0.3, -0.25) is 9.78 Å². The molecule has 0 saturated heterocycles. The number of carboxylic acids is 1. The highest BCUT2D eigenvalue weighted by atomic mass is 79.9. The van der Waals surface area contributed by atoms with Crippen LogP contribution in [-0.4, -0.2) is 25.6 Å². The Hall–Kier alpha value is -1.69. The fraction of sp³-hybridized carbons (Fsp3) is 0.250. The minimum atomic E-state index is -0.822. The van der Waals surface area contributed by atoms with E-state index in [1.807, 2.05) is 23.7 Å². The van der Waals surface area contributed by atoms with Crippen molar-refractivity contribution in [2.75, 3.05) is 0 Å². The molecule has 18 heavy (non-hydrogen) atoms. The van der Waals surface area contributed by atoms with E-state index >= 15 is 0 Å². The number of carbonyl (C=O) groups is 1. The molecular formula is C12H12BrN3O2. The van der Waals surface area contributed by atoms with Gasteiger partial charge in [-0.2, -0.15) is 0 Å². The molecule has 0 fully saturated rings. The Kier molecular flexibility index (Phi) is 3.76. The van der Waals surface area contributed by atoms with Crippen molar-refractivity contribution in [3.05, 3.63) is 35.0 Å². The predicted octanol–water partition coefficient (Wildman–Crippen LogP) is 2.26. The SMILES string of the molecule is Cn1c(CCC(=O)O)nc(Br)c1-c1cccnc1. The summed E-state index contributed by atoms with van der Waals surface area (Å²) < 4.78 is 2.60. The van der Waals surface area contributed by atoms with E-state index in [2.05, 4.69) is 25.9 Å². The lowest BCUT2D eigenvalue weighted by Gasteiger charge is -2.05. The van der Waals surface area contributed by atoms with Gasteiger partial charge in [-0.15, -0.1) is 0 Å². The second kappa shape index (κ2) is 5.30. The van der Waals surface area contributed by atoms with E-state index in [9.17, 15) is 4.79 Å². The van der Waals surface area contributed by atoms with Gasteiger partial charge in [0.05, 0.1) is 12.1 Å². The monoisotopic (exact) mass is 309 g/mol. The zero-order valence-electron chi connectivity index (χ0n) is 9.80. The smallest absolute Gasteiger partial charge is 0.303 e. The van der Waals surface area contributed by atoms with Crippen LogP contribution in [0.25, 0.3) is 11.3 Å². The summed E-state index contributed by atoms with van der Waals surface area (Å²) in [6.45, 7) is 0. The highest BCUT2D eigenvalue weighted by molar-refractivity contribution is 9.10. The Morgan fingerprint density at radius 1 is 1.56 bits per heavy atom. The Morgan fingerprint density at radius 2 is 2.33 bits per heavy atom. The lowest BCUT2D eigenvalue weighted by molar-refractivity contribution is -0.137. The molecule has 0 spiro atoms. The Labute approximate surface area is 113 Å². The van der Waals surface area contributed by atoms with Crippen LogP contribution in [0.5, 0.6) is 0 Å². The summed E-state index contributed by atoms with van der Waals surface area (Å²) in [5.74, 6) is -0.0832. The fourth-order valence-corrected chi connectivity index (χ4v) is 2.47. The highest BCUT2D eigenvalue weighted by Gasteiger charge is 2.15. The molecule has 2 rings (SSSR count). The van der Waals surface area contributed by atoms with Crippen molar-refractivity contribution in [2.24, 2.45) is 7.05 Å². The first-order valence-corrected chi connectivity index (χ1v) is 6.22. The van der Waals surface area contributed by atoms with Crippen LogP contribution in [0, 0.1) is 0 Å². The van der Waals surface area contributed by atoms with Gasteiger partial charge in [-0.25, -0.2) is 4.98 Å². The number of halogens is 1. The minimum Gasteiger partial charge on any atom is -0.481 e. The van der Waals surface area contributed by atoms with Crippen molar-refractivity contribution in [3.8, 4) is 11.3 Å². The van der Waals surface area contributed by atoms with Gasteiger partial charge in [0, 0.05) is 31.4 Å². The molecule has 0 atom stereocenters. The molecule has 0 aliphatic carbocycles. The largest absolute Gasteiger partial charge is 0.481 e. The van der Waals surface area contributed by atoms with E-state index in [1.54, 1.807) is 12.4 Å². The number of hydrogen-bond acceptors (Lipinski definition) is 3. The van der Waals surface area contributed by atoms with Crippen molar-refractivity contribution < 1.29 is 9.90 Å². The number of hydrogen-bond donors (Lipinski definition) is 1. The number of rotatable bonds is 4. The number of aliphatic carboxylic acids is 1. The van der Waals surface area contributed by atoms with E-state index in [1.165, 1.54) is 0 Å². The van der Waals surface area contributed by atoms with E-state index in [4.69, 9.17) is 5.11 Å². The Bertz CT molecular complexity index is 566. The average Bonchev–Trinajstić information content (AvgIpc) is 2.63. The van der Waals surface area contributed by atoms with Crippen LogP contribution in [0.15, 0.2) is 29.1 Å². The molecule has 1 N–H and O–H groups in total. The number of nitrogens with zero attached hydrogens (tertiary/aromatic N) is 3. The number of imidazole rings is 1. The number of aryl methyl sites for hydroxylation is 1. The predicted molar refractivity (Wildman–Crippen MR) is 70.1 cm³/mol. The zero-order chi connectivity index (χ0) is 13.1. The molecule has 0 amide bonds. The second-order valence-corrected chi connectivity index (χ2v) is 4.61. The molecule has 0 bridgehead atoms. The molecule has 0 aliphatic rings. The van der Waals surface area contributed by atoms with Crippen molar-refractivity contribution in [1.29, 1.82) is 0 Å². The normalized spacial score (nSPS) is 10.6. The third-order valence-electron chi connectivity index (χ3n) is 2.64. The first-order valence-electron chi connectivity index (χ1n) is 5.43. The first-order chi connectivity index (χ1) is 8.59. The zero-order valence-corrected chi connectivity index (χ0v) is 11.4. The molecule has 2 aromatic heterocycles. The van der Waals surface area contributed by atoms with Gasteiger partial charge in [-0.05, 0) is 28.1 Å². The number of pyridine rings is 1. The second-order valence-electron chi connectivity index (χ2n) is 3.86. The molecule has 94 valence electrons. The average molecular weight is 310 g/mol. The lowest BCUT2D eigenvalue weighted by Crippen LogP contribution is -2.04. The highest BCUT2D eigenvalue weighted by Crippen LogP contribution is 2.28. The van der Waals surface area contributed by atoms with Gasteiger partial charge < -0.3 is 9.67 Å². The summed E-state index contributed by atoms with van der Waals surface area (Å²) in [5, 5.41) is 8.70. The molecule has 5 nitrogen and oxygen atoms in total. The molecule has 0 aliphatic heterocycles. The van der Waals surface area contributed by atoms with Crippen LogP contribution in [0.4, 0.5) is 0 Å². The van der Waals surface area contributed by atoms with Gasteiger partial charge in [-0.1, -0.05) is 0 Å². The van der Waals surface area contributed by atoms with Crippen molar-refractivity contribution in [3.63, 3.8) is 0 Å². The van der Waals surface area contributed by atoms with Crippen molar-refractivity contribution in [1.82, 2.24) is 14.5 Å². The molecule has 0 unspecified atom stereocenters. The Morgan fingerprint density at radius 3 is 2.94 bits per heavy atom. The summed E-state index contributed by atoms with van der Waals surface area (Å²) in [6, 6.07) is 3.79. The molecule has 2 heterocycles. The van der Waals surface area contributed by atoms with Gasteiger partial charge in [0.15, 0.2) is 0 Å². The Balaban J connectivity index is 2.35. The van der Waals surface area contributed by atoms with E-state index in [-0.39, 0.29) is 6.42 Å². The van der Waals surface area contributed by atoms with Crippen molar-refractivity contribution in [2.45, 2.75) is 12.8 Å².